The van der Waals surface area contributed by atoms with E-state index >= 15 is 0 Å². The monoisotopic (exact) mass is 370 g/mol. The second-order valence-corrected chi connectivity index (χ2v) is 7.44. The molecule has 0 radical (unpaired) electrons. The summed E-state index contributed by atoms with van der Waals surface area (Å²) in [6.45, 7) is 4.76. The van der Waals surface area contributed by atoms with Gasteiger partial charge >= 0.3 is 5.97 Å². The lowest BCUT2D eigenvalue weighted by atomic mass is 10.1. The molecule has 2 aliphatic heterocycles. The summed E-state index contributed by atoms with van der Waals surface area (Å²) >= 11 is 2.81. The van der Waals surface area contributed by atoms with Crippen LogP contribution in [0.25, 0.3) is 0 Å². The van der Waals surface area contributed by atoms with E-state index < -0.39 is 23.4 Å². The topological polar surface area (TPSA) is 109 Å². The van der Waals surface area contributed by atoms with Crippen LogP contribution in [0.4, 0.5) is 0 Å². The highest BCUT2D eigenvalue weighted by atomic mass is 32.2. The second-order valence-electron chi connectivity index (χ2n) is 5.40. The fraction of sp³-hybridized carbons (Fsp3) is 0.571. The van der Waals surface area contributed by atoms with Gasteiger partial charge in [0, 0.05) is 24.5 Å². The van der Waals surface area contributed by atoms with E-state index in [1.165, 1.54) is 28.4 Å². The van der Waals surface area contributed by atoms with Crippen molar-refractivity contribution in [3.8, 4) is 0 Å². The van der Waals surface area contributed by atoms with Gasteiger partial charge in [-0.25, -0.2) is 4.79 Å². The number of aromatic nitrogens is 3. The lowest BCUT2D eigenvalue weighted by Crippen LogP contribution is -2.64. The Hall–Kier alpha value is -1.52. The van der Waals surface area contributed by atoms with Crippen LogP contribution in [0.15, 0.2) is 16.4 Å². The first-order chi connectivity index (χ1) is 11.5. The van der Waals surface area contributed by atoms with Gasteiger partial charge in [-0.1, -0.05) is 18.7 Å². The van der Waals surface area contributed by atoms with Crippen molar-refractivity contribution in [2.45, 2.75) is 43.4 Å². The van der Waals surface area contributed by atoms with E-state index in [1.807, 2.05) is 18.4 Å². The van der Waals surface area contributed by atoms with Crippen LogP contribution in [0, 0.1) is 0 Å². The Labute approximate surface area is 147 Å². The molecule has 1 aromatic heterocycles. The quantitative estimate of drug-likeness (QED) is 0.553. The summed E-state index contributed by atoms with van der Waals surface area (Å²) < 4.78 is 2.00. The molecule has 0 bridgehead atoms. The Balaban J connectivity index is 1.82. The van der Waals surface area contributed by atoms with Gasteiger partial charge in [0.1, 0.15) is 16.9 Å². The highest BCUT2D eigenvalue weighted by Crippen LogP contribution is 2.41. The number of carboxylic acids is 1. The van der Waals surface area contributed by atoms with Gasteiger partial charge < -0.3 is 14.8 Å². The Morgan fingerprint density at radius 1 is 1.42 bits per heavy atom. The minimum absolute atomic E-state index is 0.000159. The number of aliphatic hydroxyl groups excluding tert-OH is 1. The zero-order valence-electron chi connectivity index (χ0n) is 13.3. The lowest BCUT2D eigenvalue weighted by molar-refractivity contribution is -0.159. The van der Waals surface area contributed by atoms with E-state index in [-0.39, 0.29) is 5.70 Å². The predicted octanol–water partition coefficient (Wildman–Crippen LogP) is 0.567. The zero-order valence-corrected chi connectivity index (χ0v) is 14.9. The Morgan fingerprint density at radius 3 is 2.79 bits per heavy atom. The van der Waals surface area contributed by atoms with Gasteiger partial charge in [0.2, 0.25) is 0 Å². The minimum Gasteiger partial charge on any atom is -0.477 e. The molecule has 0 aliphatic carbocycles. The van der Waals surface area contributed by atoms with E-state index in [9.17, 15) is 19.8 Å². The third kappa shape index (κ3) is 2.72. The normalized spacial score (nSPS) is 23.3. The molecular weight excluding hydrogens is 352 g/mol. The van der Waals surface area contributed by atoms with Crippen LogP contribution in [-0.2, 0) is 22.6 Å². The molecule has 2 atom stereocenters. The first-order valence-corrected chi connectivity index (χ1v) is 9.65. The predicted molar refractivity (Wildman–Crippen MR) is 89.6 cm³/mol. The molecule has 1 aromatic rings. The van der Waals surface area contributed by atoms with Crippen LogP contribution in [0.1, 0.15) is 19.7 Å². The molecule has 2 aliphatic rings. The number of rotatable bonds is 6. The molecule has 0 spiro atoms. The molecule has 1 fully saturated rings. The molecule has 2 N–H and O–H groups in total. The minimum atomic E-state index is -1.14. The van der Waals surface area contributed by atoms with E-state index in [0.29, 0.717) is 17.1 Å². The van der Waals surface area contributed by atoms with Crippen LogP contribution < -0.4 is 0 Å². The molecule has 0 saturated carbocycles. The number of aliphatic hydroxyl groups is 1. The molecule has 8 nitrogen and oxygen atoms in total. The number of β-lactam (4-membered cyclic amide) rings is 1. The molecule has 0 aromatic carbocycles. The summed E-state index contributed by atoms with van der Waals surface area (Å²) in [6, 6.07) is 0. The van der Waals surface area contributed by atoms with Crippen molar-refractivity contribution in [3.63, 3.8) is 0 Å². The number of hydrogen-bond acceptors (Lipinski definition) is 7. The molecule has 24 heavy (non-hydrogen) atoms. The first-order valence-electron chi connectivity index (χ1n) is 7.62. The van der Waals surface area contributed by atoms with Crippen LogP contribution in [0.3, 0.4) is 0 Å². The second kappa shape index (κ2) is 6.77. The summed E-state index contributed by atoms with van der Waals surface area (Å²) in [5, 5.41) is 27.7. The average Bonchev–Trinajstić information content (AvgIpc) is 2.99. The number of carbonyl (C=O) groups excluding carboxylic acids is 1. The van der Waals surface area contributed by atoms with Crippen molar-refractivity contribution in [2.75, 3.05) is 11.5 Å². The highest BCUT2D eigenvalue weighted by molar-refractivity contribution is 8.01. The van der Waals surface area contributed by atoms with E-state index in [1.54, 1.807) is 0 Å². The van der Waals surface area contributed by atoms with Crippen LogP contribution in [0.2, 0.25) is 0 Å². The smallest absolute Gasteiger partial charge is 0.352 e. The number of fused-ring (bicyclic) bond motifs is 1. The number of hydrogen-bond donors (Lipinski definition) is 2. The maximum Gasteiger partial charge on any atom is 0.352 e. The fourth-order valence-electron chi connectivity index (χ4n) is 2.80. The van der Waals surface area contributed by atoms with Crippen LogP contribution in [0.5, 0.6) is 0 Å². The number of aliphatic carboxylic acids is 1. The third-order valence-electron chi connectivity index (χ3n) is 4.02. The highest BCUT2D eigenvalue weighted by Gasteiger charge is 2.52. The van der Waals surface area contributed by atoms with Crippen molar-refractivity contribution in [1.82, 2.24) is 19.7 Å². The summed E-state index contributed by atoms with van der Waals surface area (Å²) in [5.41, 5.74) is 0.664. The first kappa shape index (κ1) is 17.3. The third-order valence-corrected chi connectivity index (χ3v) is 6.40. The van der Waals surface area contributed by atoms with Crippen molar-refractivity contribution < 1.29 is 19.8 Å². The van der Waals surface area contributed by atoms with Crippen LogP contribution in [-0.4, -0.2) is 64.7 Å². The summed E-state index contributed by atoms with van der Waals surface area (Å²) in [6.07, 6.45) is -0.323. The van der Waals surface area contributed by atoms with Crippen molar-refractivity contribution >= 4 is 35.4 Å². The Morgan fingerprint density at radius 2 is 2.17 bits per heavy atom. The molecule has 1 amide bonds. The Kier molecular flexibility index (Phi) is 4.88. The van der Waals surface area contributed by atoms with Crippen molar-refractivity contribution in [3.05, 3.63) is 17.1 Å². The summed E-state index contributed by atoms with van der Waals surface area (Å²) in [4.78, 5) is 24.6. The van der Waals surface area contributed by atoms with Gasteiger partial charge in [-0.15, -0.1) is 22.0 Å². The van der Waals surface area contributed by atoms with Gasteiger partial charge in [0.05, 0.1) is 0 Å². The molecule has 130 valence electrons. The molecular formula is C14H18N4O4S2. The van der Waals surface area contributed by atoms with Crippen molar-refractivity contribution in [2.24, 2.45) is 0 Å². The molecule has 0 unspecified atom stereocenters. The lowest BCUT2D eigenvalue weighted by Gasteiger charge is -2.47. The maximum atomic E-state index is 11.8. The van der Waals surface area contributed by atoms with Gasteiger partial charge in [0.15, 0.2) is 11.3 Å². The molecule has 3 rings (SSSR count). The summed E-state index contributed by atoms with van der Waals surface area (Å²) in [5.74, 6) is 0.107. The average molecular weight is 370 g/mol. The van der Waals surface area contributed by atoms with Gasteiger partial charge in [-0.3, -0.25) is 9.69 Å². The number of carbonyl (C=O) groups is 2. The number of aryl methyl sites for hydroxylation is 1. The fourth-order valence-corrected chi connectivity index (χ4v) is 5.23. The van der Waals surface area contributed by atoms with Gasteiger partial charge in [-0.2, -0.15) is 0 Å². The standard InChI is InChI=1S/C14H18N4O4S2/c1-3-8-15-16-14(17(8)4-2)24-6-7-5-23-12-10(19)11(20)18(12)9(7)13(21)22/h10,12,19H,3-6H2,1-2H3,(H,21,22)/t10-,12+/m1/s1. The maximum absolute atomic E-state index is 11.8. The molecule has 1 saturated heterocycles. The zero-order chi connectivity index (χ0) is 17.4. The number of carboxylic acid groups (broad SMARTS) is 1. The summed E-state index contributed by atoms with van der Waals surface area (Å²) in [7, 11) is 0. The van der Waals surface area contributed by atoms with E-state index in [4.69, 9.17) is 0 Å². The number of amides is 1. The Bertz CT molecular complexity index is 718. The number of thioether (sulfide) groups is 2. The van der Waals surface area contributed by atoms with Crippen molar-refractivity contribution in [1.29, 1.82) is 0 Å². The largest absolute Gasteiger partial charge is 0.477 e. The molecule has 3 heterocycles. The SMILES string of the molecule is CCc1nnc(SCC2=C(C(=O)O)N3C(=O)[C@@H](O)[C@@H]3SC2)n1CC. The van der Waals surface area contributed by atoms with E-state index in [0.717, 1.165) is 23.9 Å². The van der Waals surface area contributed by atoms with Gasteiger partial charge in [0.25, 0.3) is 5.91 Å². The van der Waals surface area contributed by atoms with Gasteiger partial charge in [-0.05, 0) is 12.5 Å². The van der Waals surface area contributed by atoms with Crippen LogP contribution >= 0.6 is 23.5 Å². The molecule has 10 heteroatoms. The number of nitrogens with zero attached hydrogens (tertiary/aromatic N) is 4. The van der Waals surface area contributed by atoms with E-state index in [2.05, 4.69) is 10.2 Å².